The Hall–Kier alpha value is -0.900. The van der Waals surface area contributed by atoms with Crippen molar-refractivity contribution in [3.05, 3.63) is 35.9 Å². The first-order valence-electron chi connectivity index (χ1n) is 6.58. The third-order valence-corrected chi connectivity index (χ3v) is 3.72. The summed E-state index contributed by atoms with van der Waals surface area (Å²) in [4.78, 5) is 0. The molecule has 1 heterocycles. The Labute approximate surface area is 109 Å². The van der Waals surface area contributed by atoms with Crippen LogP contribution in [0.2, 0.25) is 0 Å². The van der Waals surface area contributed by atoms with Gasteiger partial charge in [0.05, 0.1) is 31.0 Å². The summed E-state index contributed by atoms with van der Waals surface area (Å²) in [5, 5.41) is 10.0. The van der Waals surface area contributed by atoms with Crippen LogP contribution in [-0.2, 0) is 16.1 Å². The van der Waals surface area contributed by atoms with Crippen molar-refractivity contribution < 1.29 is 14.6 Å². The number of hydrogen-bond donors (Lipinski definition) is 1. The van der Waals surface area contributed by atoms with Crippen LogP contribution < -0.4 is 0 Å². The van der Waals surface area contributed by atoms with E-state index in [-0.39, 0.29) is 24.2 Å². The van der Waals surface area contributed by atoms with Crippen molar-refractivity contribution >= 4 is 0 Å². The Bertz CT molecular complexity index is 365. The van der Waals surface area contributed by atoms with E-state index in [4.69, 9.17) is 9.47 Å². The molecule has 2 unspecified atom stereocenters. The normalized spacial score (nSPS) is 36.6. The highest BCUT2D eigenvalue weighted by Gasteiger charge is 2.39. The quantitative estimate of drug-likeness (QED) is 0.895. The minimum absolute atomic E-state index is 0.0158. The molecular weight excluding hydrogens is 228 g/mol. The van der Waals surface area contributed by atoms with Gasteiger partial charge in [0.1, 0.15) is 0 Å². The molecular formula is C15H22O3. The third kappa shape index (κ3) is 2.91. The van der Waals surface area contributed by atoms with Crippen LogP contribution in [0.3, 0.4) is 0 Å². The maximum Gasteiger partial charge on any atom is 0.0889 e. The zero-order valence-corrected chi connectivity index (χ0v) is 11.2. The average Bonchev–Trinajstić information content (AvgIpc) is 2.37. The van der Waals surface area contributed by atoms with E-state index < -0.39 is 6.10 Å². The van der Waals surface area contributed by atoms with E-state index in [0.717, 1.165) is 5.56 Å². The molecule has 0 saturated carbocycles. The van der Waals surface area contributed by atoms with Gasteiger partial charge in [0.15, 0.2) is 0 Å². The van der Waals surface area contributed by atoms with Crippen LogP contribution in [0.5, 0.6) is 0 Å². The molecule has 2 rings (SSSR count). The van der Waals surface area contributed by atoms with Crippen LogP contribution >= 0.6 is 0 Å². The number of hydrogen-bond acceptors (Lipinski definition) is 3. The largest absolute Gasteiger partial charge is 0.390 e. The van der Waals surface area contributed by atoms with Crippen molar-refractivity contribution in [2.24, 2.45) is 5.92 Å². The van der Waals surface area contributed by atoms with Crippen LogP contribution in [0, 0.1) is 5.92 Å². The van der Waals surface area contributed by atoms with Crippen molar-refractivity contribution in [2.45, 2.75) is 51.8 Å². The fraction of sp³-hybridized carbons (Fsp3) is 0.600. The summed E-state index contributed by atoms with van der Waals surface area (Å²) in [5.41, 5.74) is 1.14. The molecule has 0 aliphatic carbocycles. The minimum Gasteiger partial charge on any atom is -0.390 e. The van der Waals surface area contributed by atoms with Gasteiger partial charge in [0.2, 0.25) is 0 Å². The van der Waals surface area contributed by atoms with E-state index in [1.54, 1.807) is 0 Å². The summed E-state index contributed by atoms with van der Waals surface area (Å²) in [6, 6.07) is 10.1. The van der Waals surface area contributed by atoms with Crippen molar-refractivity contribution in [2.75, 3.05) is 0 Å². The average molecular weight is 250 g/mol. The topological polar surface area (TPSA) is 38.7 Å². The first-order chi connectivity index (χ1) is 8.59. The predicted molar refractivity (Wildman–Crippen MR) is 70.2 cm³/mol. The number of ether oxygens (including phenoxy) is 2. The van der Waals surface area contributed by atoms with Crippen LogP contribution in [0.15, 0.2) is 30.3 Å². The molecule has 0 amide bonds. The zero-order chi connectivity index (χ0) is 13.1. The Morgan fingerprint density at radius 2 is 1.78 bits per heavy atom. The minimum atomic E-state index is -0.457. The van der Waals surface area contributed by atoms with Crippen molar-refractivity contribution in [1.82, 2.24) is 0 Å². The third-order valence-electron chi connectivity index (χ3n) is 3.72. The van der Waals surface area contributed by atoms with Gasteiger partial charge in [-0.15, -0.1) is 0 Å². The Morgan fingerprint density at radius 1 is 1.11 bits per heavy atom. The summed E-state index contributed by atoms with van der Waals surface area (Å²) >= 11 is 0. The second-order valence-corrected chi connectivity index (χ2v) is 5.16. The van der Waals surface area contributed by atoms with Crippen molar-refractivity contribution in [3.63, 3.8) is 0 Å². The SMILES string of the molecule is CC1OC(C)[C@@H](OCc2ccccc2)[C@@H](C)[C@@H]1O. The van der Waals surface area contributed by atoms with Gasteiger partial charge in [-0.3, -0.25) is 0 Å². The molecule has 1 aliphatic heterocycles. The van der Waals surface area contributed by atoms with Crippen LogP contribution in [0.1, 0.15) is 26.3 Å². The number of aliphatic hydroxyl groups excluding tert-OH is 1. The number of rotatable bonds is 3. The van der Waals surface area contributed by atoms with E-state index in [9.17, 15) is 5.11 Å². The molecule has 1 aliphatic rings. The highest BCUT2D eigenvalue weighted by atomic mass is 16.6. The van der Waals surface area contributed by atoms with Crippen LogP contribution in [-0.4, -0.2) is 29.5 Å². The van der Waals surface area contributed by atoms with Crippen LogP contribution in [0.4, 0.5) is 0 Å². The smallest absolute Gasteiger partial charge is 0.0889 e. The van der Waals surface area contributed by atoms with E-state index in [2.05, 4.69) is 0 Å². The van der Waals surface area contributed by atoms with Crippen molar-refractivity contribution in [1.29, 1.82) is 0 Å². The standard InChI is InChI=1S/C15H22O3/c1-10-14(16)11(2)18-12(3)15(10)17-9-13-7-5-4-6-8-13/h4-8,10-12,14-16H,9H2,1-3H3/t10-,11?,12?,14-,15-/m0/s1. The maximum absolute atomic E-state index is 10.0. The fourth-order valence-electron chi connectivity index (χ4n) is 2.60. The number of benzene rings is 1. The first kappa shape index (κ1) is 13.5. The Kier molecular flexibility index (Phi) is 4.38. The van der Waals surface area contributed by atoms with Crippen LogP contribution in [0.25, 0.3) is 0 Å². The van der Waals surface area contributed by atoms with Gasteiger partial charge in [-0.25, -0.2) is 0 Å². The molecule has 1 saturated heterocycles. The van der Waals surface area contributed by atoms with Gasteiger partial charge in [-0.05, 0) is 19.4 Å². The summed E-state index contributed by atoms with van der Waals surface area (Å²) in [7, 11) is 0. The molecule has 0 radical (unpaired) electrons. The van der Waals surface area contributed by atoms with E-state index >= 15 is 0 Å². The second kappa shape index (κ2) is 5.83. The monoisotopic (exact) mass is 250 g/mol. The predicted octanol–water partition coefficient (Wildman–Crippen LogP) is 2.38. The van der Waals surface area contributed by atoms with Gasteiger partial charge in [0, 0.05) is 5.92 Å². The maximum atomic E-state index is 10.0. The first-order valence-corrected chi connectivity index (χ1v) is 6.58. The van der Waals surface area contributed by atoms with Gasteiger partial charge < -0.3 is 14.6 Å². The molecule has 0 aromatic heterocycles. The Balaban J connectivity index is 1.96. The highest BCUT2D eigenvalue weighted by Crippen LogP contribution is 2.28. The molecule has 0 bridgehead atoms. The highest BCUT2D eigenvalue weighted by molar-refractivity contribution is 5.13. The molecule has 3 nitrogen and oxygen atoms in total. The molecule has 1 N–H and O–H groups in total. The molecule has 100 valence electrons. The van der Waals surface area contributed by atoms with Gasteiger partial charge >= 0.3 is 0 Å². The molecule has 0 spiro atoms. The lowest BCUT2D eigenvalue weighted by atomic mass is 9.88. The van der Waals surface area contributed by atoms with E-state index in [1.165, 1.54) is 0 Å². The zero-order valence-electron chi connectivity index (χ0n) is 11.2. The Morgan fingerprint density at radius 3 is 2.44 bits per heavy atom. The summed E-state index contributed by atoms with van der Waals surface area (Å²) < 4.78 is 11.6. The molecule has 18 heavy (non-hydrogen) atoms. The van der Waals surface area contributed by atoms with Gasteiger partial charge in [0.25, 0.3) is 0 Å². The summed E-state index contributed by atoms with van der Waals surface area (Å²) in [6.45, 7) is 6.50. The second-order valence-electron chi connectivity index (χ2n) is 5.16. The molecule has 1 fully saturated rings. The summed E-state index contributed by atoms with van der Waals surface area (Å²) in [6.07, 6.45) is -0.618. The molecule has 1 aromatic carbocycles. The summed E-state index contributed by atoms with van der Waals surface area (Å²) in [5.74, 6) is 0.0902. The van der Waals surface area contributed by atoms with Gasteiger partial charge in [-0.1, -0.05) is 37.3 Å². The lowest BCUT2D eigenvalue weighted by Gasteiger charge is -2.41. The van der Waals surface area contributed by atoms with Crippen molar-refractivity contribution in [3.8, 4) is 0 Å². The molecule has 1 aromatic rings. The molecule has 3 heteroatoms. The van der Waals surface area contributed by atoms with Gasteiger partial charge in [-0.2, -0.15) is 0 Å². The lowest BCUT2D eigenvalue weighted by molar-refractivity contribution is -0.203. The fourth-order valence-corrected chi connectivity index (χ4v) is 2.60. The van der Waals surface area contributed by atoms with E-state index in [0.29, 0.717) is 6.61 Å². The van der Waals surface area contributed by atoms with E-state index in [1.807, 2.05) is 51.1 Å². The lowest BCUT2D eigenvalue weighted by Crippen LogP contribution is -2.51. The number of aliphatic hydroxyl groups is 1. The molecule has 5 atom stereocenters.